The SMILES string of the molecule is Cc1nn(C)c(C)c1NC(=O)[C@H](C)OC(=O)Cc1ccc(-c2ccccc2)cc1. The van der Waals surface area contributed by atoms with Gasteiger partial charge in [0.1, 0.15) is 0 Å². The summed E-state index contributed by atoms with van der Waals surface area (Å²) in [5.41, 5.74) is 5.24. The molecule has 0 bridgehead atoms. The monoisotopic (exact) mass is 391 g/mol. The molecule has 1 amide bonds. The summed E-state index contributed by atoms with van der Waals surface area (Å²) in [7, 11) is 1.81. The van der Waals surface area contributed by atoms with E-state index in [-0.39, 0.29) is 12.3 Å². The van der Waals surface area contributed by atoms with Gasteiger partial charge in [-0.1, -0.05) is 54.6 Å². The molecule has 0 fully saturated rings. The number of esters is 1. The van der Waals surface area contributed by atoms with Crippen LogP contribution in [0.15, 0.2) is 54.6 Å². The number of amides is 1. The van der Waals surface area contributed by atoms with Gasteiger partial charge in [0.25, 0.3) is 5.91 Å². The zero-order valence-electron chi connectivity index (χ0n) is 17.1. The van der Waals surface area contributed by atoms with Crippen LogP contribution in [0.25, 0.3) is 11.1 Å². The molecule has 0 aliphatic heterocycles. The summed E-state index contributed by atoms with van der Waals surface area (Å²) in [6.07, 6.45) is -0.789. The van der Waals surface area contributed by atoms with E-state index in [0.717, 1.165) is 28.1 Å². The van der Waals surface area contributed by atoms with Gasteiger partial charge in [0.15, 0.2) is 6.10 Å². The second kappa shape index (κ2) is 8.73. The summed E-state index contributed by atoms with van der Waals surface area (Å²) in [5, 5.41) is 7.06. The Labute approximate surface area is 170 Å². The third-order valence-electron chi connectivity index (χ3n) is 4.84. The van der Waals surface area contributed by atoms with E-state index in [2.05, 4.69) is 10.4 Å². The van der Waals surface area contributed by atoms with Crippen LogP contribution in [0.3, 0.4) is 0 Å². The molecule has 6 nitrogen and oxygen atoms in total. The molecule has 1 aromatic heterocycles. The van der Waals surface area contributed by atoms with Gasteiger partial charge in [-0.15, -0.1) is 0 Å². The predicted molar refractivity (Wildman–Crippen MR) is 112 cm³/mol. The quantitative estimate of drug-likeness (QED) is 0.649. The number of benzene rings is 2. The second-order valence-corrected chi connectivity index (χ2v) is 7.03. The molecular formula is C23H25N3O3. The van der Waals surface area contributed by atoms with Gasteiger partial charge < -0.3 is 10.1 Å². The molecule has 0 radical (unpaired) electrons. The van der Waals surface area contributed by atoms with Gasteiger partial charge in [-0.25, -0.2) is 0 Å². The number of aromatic nitrogens is 2. The minimum Gasteiger partial charge on any atom is -0.452 e. The van der Waals surface area contributed by atoms with Crippen molar-refractivity contribution in [3.8, 4) is 11.1 Å². The fourth-order valence-electron chi connectivity index (χ4n) is 3.08. The molecule has 150 valence electrons. The molecule has 29 heavy (non-hydrogen) atoms. The molecule has 0 aliphatic carbocycles. The molecule has 3 rings (SSSR count). The first-order valence-electron chi connectivity index (χ1n) is 9.50. The molecule has 1 atom stereocenters. The molecule has 1 heterocycles. The maximum atomic E-state index is 12.4. The van der Waals surface area contributed by atoms with Gasteiger partial charge in [0.2, 0.25) is 0 Å². The van der Waals surface area contributed by atoms with Crippen molar-refractivity contribution in [2.75, 3.05) is 5.32 Å². The molecule has 0 unspecified atom stereocenters. The lowest BCUT2D eigenvalue weighted by molar-refractivity contribution is -0.152. The minimum atomic E-state index is -0.898. The second-order valence-electron chi connectivity index (χ2n) is 7.03. The molecule has 0 spiro atoms. The molecule has 0 saturated heterocycles. The first-order chi connectivity index (χ1) is 13.8. The normalized spacial score (nSPS) is 11.7. The number of carbonyl (C=O) groups excluding carboxylic acids is 2. The van der Waals surface area contributed by atoms with Crippen LogP contribution in [0.5, 0.6) is 0 Å². The number of hydrogen-bond acceptors (Lipinski definition) is 4. The lowest BCUT2D eigenvalue weighted by Crippen LogP contribution is -2.30. The van der Waals surface area contributed by atoms with E-state index in [1.54, 1.807) is 11.6 Å². The maximum Gasteiger partial charge on any atom is 0.311 e. The average molecular weight is 391 g/mol. The van der Waals surface area contributed by atoms with E-state index >= 15 is 0 Å². The third-order valence-corrected chi connectivity index (χ3v) is 4.84. The van der Waals surface area contributed by atoms with Crippen LogP contribution in [0.2, 0.25) is 0 Å². The summed E-state index contributed by atoms with van der Waals surface area (Å²) in [5.74, 6) is -0.822. The van der Waals surface area contributed by atoms with Crippen molar-refractivity contribution in [1.29, 1.82) is 0 Å². The van der Waals surface area contributed by atoms with Crippen molar-refractivity contribution >= 4 is 17.6 Å². The van der Waals surface area contributed by atoms with Crippen LogP contribution in [0, 0.1) is 13.8 Å². The van der Waals surface area contributed by atoms with Crippen molar-refractivity contribution in [3.63, 3.8) is 0 Å². The first-order valence-corrected chi connectivity index (χ1v) is 9.50. The van der Waals surface area contributed by atoms with Crippen LogP contribution < -0.4 is 5.32 Å². The third kappa shape index (κ3) is 4.90. The number of carbonyl (C=O) groups is 2. The standard InChI is InChI=1S/C23H25N3O3/c1-15-22(16(2)26(4)25-15)24-23(28)17(3)29-21(27)14-18-10-12-20(13-11-18)19-8-6-5-7-9-19/h5-13,17H,14H2,1-4H3,(H,24,28)/t17-/m0/s1. The van der Waals surface area contributed by atoms with Crippen molar-refractivity contribution in [1.82, 2.24) is 9.78 Å². The fraction of sp³-hybridized carbons (Fsp3) is 0.261. The maximum absolute atomic E-state index is 12.4. The molecule has 6 heteroatoms. The summed E-state index contributed by atoms with van der Waals surface area (Å²) >= 11 is 0. The van der Waals surface area contributed by atoms with Gasteiger partial charge in [-0.3, -0.25) is 14.3 Å². The Morgan fingerprint density at radius 2 is 1.66 bits per heavy atom. The van der Waals surface area contributed by atoms with Crippen LogP contribution in [0.1, 0.15) is 23.9 Å². The summed E-state index contributed by atoms with van der Waals surface area (Å²) in [6.45, 7) is 5.25. The smallest absolute Gasteiger partial charge is 0.311 e. The predicted octanol–water partition coefficient (Wildman–Crippen LogP) is 3.82. The number of ether oxygens (including phenoxy) is 1. The van der Waals surface area contributed by atoms with E-state index in [1.165, 1.54) is 0 Å². The summed E-state index contributed by atoms with van der Waals surface area (Å²) in [4.78, 5) is 24.6. The number of nitrogens with one attached hydrogen (secondary N) is 1. The Bertz CT molecular complexity index is 1010. The highest BCUT2D eigenvalue weighted by molar-refractivity contribution is 5.96. The molecular weight excluding hydrogens is 366 g/mol. The lowest BCUT2D eigenvalue weighted by atomic mass is 10.0. The van der Waals surface area contributed by atoms with Gasteiger partial charge in [0.05, 0.1) is 23.5 Å². The van der Waals surface area contributed by atoms with E-state index in [9.17, 15) is 9.59 Å². The van der Waals surface area contributed by atoms with Crippen LogP contribution >= 0.6 is 0 Å². The fourth-order valence-corrected chi connectivity index (χ4v) is 3.08. The van der Waals surface area contributed by atoms with E-state index in [4.69, 9.17) is 4.74 Å². The van der Waals surface area contributed by atoms with Crippen molar-refractivity contribution in [3.05, 3.63) is 71.5 Å². The van der Waals surface area contributed by atoms with Crippen molar-refractivity contribution in [2.24, 2.45) is 7.05 Å². The molecule has 0 saturated carbocycles. The lowest BCUT2D eigenvalue weighted by Gasteiger charge is -2.14. The molecule has 0 aliphatic rings. The van der Waals surface area contributed by atoms with Crippen LogP contribution in [-0.2, 0) is 27.8 Å². The molecule has 1 N–H and O–H groups in total. The molecule has 2 aromatic carbocycles. The average Bonchev–Trinajstić information content (AvgIpc) is 2.95. The van der Waals surface area contributed by atoms with Crippen LogP contribution in [0.4, 0.5) is 5.69 Å². The van der Waals surface area contributed by atoms with E-state index < -0.39 is 12.1 Å². The zero-order valence-corrected chi connectivity index (χ0v) is 17.1. The van der Waals surface area contributed by atoms with Gasteiger partial charge in [-0.2, -0.15) is 5.10 Å². The topological polar surface area (TPSA) is 73.2 Å². The number of aryl methyl sites for hydroxylation is 2. The van der Waals surface area contributed by atoms with E-state index in [0.29, 0.717) is 5.69 Å². The highest BCUT2D eigenvalue weighted by Gasteiger charge is 2.21. The Balaban J connectivity index is 1.56. The highest BCUT2D eigenvalue weighted by atomic mass is 16.5. The summed E-state index contributed by atoms with van der Waals surface area (Å²) < 4.78 is 7.01. The first kappa shape index (κ1) is 20.3. The Kier molecular flexibility index (Phi) is 6.12. The number of rotatable bonds is 6. The Morgan fingerprint density at radius 3 is 2.24 bits per heavy atom. The summed E-state index contributed by atoms with van der Waals surface area (Å²) in [6, 6.07) is 17.8. The minimum absolute atomic E-state index is 0.109. The largest absolute Gasteiger partial charge is 0.452 e. The Morgan fingerprint density at radius 1 is 1.03 bits per heavy atom. The van der Waals surface area contributed by atoms with Crippen molar-refractivity contribution < 1.29 is 14.3 Å². The zero-order chi connectivity index (χ0) is 21.0. The Hall–Kier alpha value is -3.41. The van der Waals surface area contributed by atoms with Gasteiger partial charge >= 0.3 is 5.97 Å². The molecule has 3 aromatic rings. The van der Waals surface area contributed by atoms with E-state index in [1.807, 2.05) is 75.5 Å². The highest BCUT2D eigenvalue weighted by Crippen LogP contribution is 2.20. The number of anilines is 1. The van der Waals surface area contributed by atoms with Crippen molar-refractivity contribution in [2.45, 2.75) is 33.3 Å². The number of hydrogen-bond donors (Lipinski definition) is 1. The van der Waals surface area contributed by atoms with Crippen LogP contribution in [-0.4, -0.2) is 27.8 Å². The van der Waals surface area contributed by atoms with Gasteiger partial charge in [0, 0.05) is 7.05 Å². The van der Waals surface area contributed by atoms with Gasteiger partial charge in [-0.05, 0) is 37.5 Å². The number of nitrogens with zero attached hydrogens (tertiary/aromatic N) is 2.